The van der Waals surface area contributed by atoms with Gasteiger partial charge in [-0.3, -0.25) is 0 Å². The van der Waals surface area contributed by atoms with Crippen molar-refractivity contribution in [3.63, 3.8) is 0 Å². The van der Waals surface area contributed by atoms with Crippen molar-refractivity contribution in [3.8, 4) is 0 Å². The molecule has 2 aromatic carbocycles. The highest BCUT2D eigenvalue weighted by Gasteiger charge is 2.36. The van der Waals surface area contributed by atoms with E-state index in [-0.39, 0.29) is 18.3 Å². The van der Waals surface area contributed by atoms with Crippen LogP contribution >= 0.6 is 0 Å². The summed E-state index contributed by atoms with van der Waals surface area (Å²) in [6, 6.07) is 19.5. The molecule has 144 valence electrons. The highest BCUT2D eigenvalue weighted by molar-refractivity contribution is 5.71. The minimum absolute atomic E-state index is 0.0966. The van der Waals surface area contributed by atoms with Crippen LogP contribution in [0.2, 0.25) is 0 Å². The molecule has 1 aliphatic rings. The minimum atomic E-state index is -0.552. The second kappa shape index (κ2) is 10.1. The fraction of sp³-hybridized carbons (Fsp3) is 0.381. The Morgan fingerprint density at radius 1 is 1.04 bits per heavy atom. The normalized spacial score (nSPS) is 21.9. The van der Waals surface area contributed by atoms with Crippen molar-refractivity contribution < 1.29 is 19.0 Å². The van der Waals surface area contributed by atoms with E-state index in [0.29, 0.717) is 32.8 Å². The average molecular weight is 370 g/mol. The van der Waals surface area contributed by atoms with E-state index in [1.165, 1.54) is 0 Å². The van der Waals surface area contributed by atoms with Crippen molar-refractivity contribution in [1.82, 2.24) is 5.32 Å². The molecule has 1 aliphatic heterocycles. The Morgan fingerprint density at radius 3 is 2.30 bits per heavy atom. The van der Waals surface area contributed by atoms with Gasteiger partial charge in [-0.05, 0) is 11.1 Å². The Bertz CT molecular complexity index is 696. The predicted octanol–water partition coefficient (Wildman–Crippen LogP) is 2.61. The van der Waals surface area contributed by atoms with Crippen molar-refractivity contribution in [2.24, 2.45) is 5.73 Å². The quantitative estimate of drug-likeness (QED) is 0.711. The third-order valence-corrected chi connectivity index (χ3v) is 4.48. The molecule has 1 saturated heterocycles. The predicted molar refractivity (Wildman–Crippen MR) is 102 cm³/mol. The Kier molecular flexibility index (Phi) is 7.21. The lowest BCUT2D eigenvalue weighted by Crippen LogP contribution is -2.36. The van der Waals surface area contributed by atoms with E-state index in [0.717, 1.165) is 11.1 Å². The van der Waals surface area contributed by atoms with Gasteiger partial charge in [0.2, 0.25) is 0 Å². The fourth-order valence-corrected chi connectivity index (χ4v) is 3.11. The molecule has 27 heavy (non-hydrogen) atoms. The number of nitrogens with one attached hydrogen (secondary N) is 1. The lowest BCUT2D eigenvalue weighted by molar-refractivity contribution is -0.0703. The number of amides is 2. The van der Waals surface area contributed by atoms with Gasteiger partial charge in [-0.1, -0.05) is 60.7 Å². The summed E-state index contributed by atoms with van der Waals surface area (Å²) >= 11 is 0. The lowest BCUT2D eigenvalue weighted by atomic mass is 10.1. The maximum absolute atomic E-state index is 11.0. The number of carbonyl (C=O) groups is 1. The van der Waals surface area contributed by atoms with Crippen molar-refractivity contribution in [3.05, 3.63) is 71.8 Å². The van der Waals surface area contributed by atoms with Crippen LogP contribution in [0, 0.1) is 0 Å². The zero-order valence-electron chi connectivity index (χ0n) is 15.3. The number of nitrogens with two attached hydrogens (primary N) is 1. The van der Waals surface area contributed by atoms with Crippen LogP contribution in [-0.2, 0) is 27.4 Å². The molecule has 0 spiro atoms. The number of benzene rings is 2. The number of urea groups is 1. The maximum Gasteiger partial charge on any atom is 0.312 e. The first-order valence-corrected chi connectivity index (χ1v) is 9.16. The first kappa shape index (κ1) is 19.4. The van der Waals surface area contributed by atoms with Crippen LogP contribution in [-0.4, -0.2) is 37.5 Å². The summed E-state index contributed by atoms with van der Waals surface area (Å²) in [5, 5.41) is 2.60. The molecule has 1 fully saturated rings. The summed E-state index contributed by atoms with van der Waals surface area (Å²) in [4.78, 5) is 11.0. The molecule has 0 saturated carbocycles. The van der Waals surface area contributed by atoms with E-state index in [2.05, 4.69) is 5.32 Å². The highest BCUT2D eigenvalue weighted by Crippen LogP contribution is 2.25. The Morgan fingerprint density at radius 2 is 1.67 bits per heavy atom. The van der Waals surface area contributed by atoms with Crippen LogP contribution in [0.4, 0.5) is 4.79 Å². The highest BCUT2D eigenvalue weighted by atomic mass is 16.6. The third-order valence-electron chi connectivity index (χ3n) is 4.48. The monoisotopic (exact) mass is 370 g/mol. The van der Waals surface area contributed by atoms with Gasteiger partial charge in [0.25, 0.3) is 0 Å². The van der Waals surface area contributed by atoms with Gasteiger partial charge in [-0.15, -0.1) is 0 Å². The summed E-state index contributed by atoms with van der Waals surface area (Å²) in [6.45, 7) is 1.84. The van der Waals surface area contributed by atoms with E-state index in [1.807, 2.05) is 60.7 Å². The number of ether oxygens (including phenoxy) is 3. The van der Waals surface area contributed by atoms with E-state index in [1.54, 1.807) is 0 Å². The molecular weight excluding hydrogens is 344 g/mol. The van der Waals surface area contributed by atoms with Gasteiger partial charge in [0, 0.05) is 13.0 Å². The Labute approximate surface area is 159 Å². The van der Waals surface area contributed by atoms with E-state index >= 15 is 0 Å². The smallest absolute Gasteiger partial charge is 0.312 e. The van der Waals surface area contributed by atoms with Crippen molar-refractivity contribution in [2.45, 2.75) is 37.9 Å². The number of hydrogen-bond donors (Lipinski definition) is 2. The molecule has 6 nitrogen and oxygen atoms in total. The van der Waals surface area contributed by atoms with Gasteiger partial charge in [-0.25, -0.2) is 4.79 Å². The fourth-order valence-electron chi connectivity index (χ4n) is 3.11. The zero-order valence-corrected chi connectivity index (χ0v) is 15.3. The Hall–Kier alpha value is -2.41. The number of hydrogen-bond acceptors (Lipinski definition) is 4. The number of carbonyl (C=O) groups excluding carboxylic acids is 1. The van der Waals surface area contributed by atoms with Gasteiger partial charge >= 0.3 is 6.03 Å². The summed E-state index contributed by atoms with van der Waals surface area (Å²) in [6.07, 6.45) is 0.272. The third kappa shape index (κ3) is 6.36. The van der Waals surface area contributed by atoms with Crippen molar-refractivity contribution in [2.75, 3.05) is 13.2 Å². The SMILES string of the molecule is NC(=O)NC[C@H]1C[C@H](OCc2ccccc2)[C@@H](COCc2ccccc2)O1. The van der Waals surface area contributed by atoms with E-state index < -0.39 is 6.03 Å². The van der Waals surface area contributed by atoms with E-state index in [9.17, 15) is 4.79 Å². The van der Waals surface area contributed by atoms with Crippen LogP contribution in [0.3, 0.4) is 0 Å². The summed E-state index contributed by atoms with van der Waals surface area (Å²) in [5.74, 6) is 0. The van der Waals surface area contributed by atoms with Crippen LogP contribution in [0.25, 0.3) is 0 Å². The number of primary amides is 1. The van der Waals surface area contributed by atoms with Gasteiger partial charge in [0.1, 0.15) is 6.10 Å². The van der Waals surface area contributed by atoms with Crippen molar-refractivity contribution >= 4 is 6.03 Å². The standard InChI is InChI=1S/C21H26N2O4/c22-21(24)23-12-18-11-19(26-14-17-9-5-2-6-10-17)20(27-18)15-25-13-16-7-3-1-4-8-16/h1-10,18-20H,11-15H2,(H3,22,23,24)/t18-,19+,20-/m1/s1. The summed E-state index contributed by atoms with van der Waals surface area (Å²) < 4.78 is 18.0. The molecule has 3 atom stereocenters. The topological polar surface area (TPSA) is 82.8 Å². The molecule has 3 N–H and O–H groups in total. The molecular formula is C21H26N2O4. The average Bonchev–Trinajstić information content (AvgIpc) is 3.08. The molecule has 2 amide bonds. The van der Waals surface area contributed by atoms with Crippen LogP contribution < -0.4 is 11.1 Å². The molecule has 0 bridgehead atoms. The van der Waals surface area contributed by atoms with Gasteiger partial charge in [0.05, 0.1) is 32.0 Å². The van der Waals surface area contributed by atoms with Crippen molar-refractivity contribution in [1.29, 1.82) is 0 Å². The van der Waals surface area contributed by atoms with Gasteiger partial charge in [0.15, 0.2) is 0 Å². The molecule has 0 aliphatic carbocycles. The first-order chi connectivity index (χ1) is 13.2. The second-order valence-corrected chi connectivity index (χ2v) is 6.61. The second-order valence-electron chi connectivity index (χ2n) is 6.61. The van der Waals surface area contributed by atoms with Gasteiger partial charge < -0.3 is 25.3 Å². The largest absolute Gasteiger partial charge is 0.374 e. The molecule has 3 rings (SSSR count). The number of rotatable bonds is 9. The van der Waals surface area contributed by atoms with Gasteiger partial charge in [-0.2, -0.15) is 0 Å². The summed E-state index contributed by atoms with van der Waals surface area (Å²) in [7, 11) is 0. The van der Waals surface area contributed by atoms with Crippen LogP contribution in [0.5, 0.6) is 0 Å². The molecule has 0 radical (unpaired) electrons. The molecule has 6 heteroatoms. The van der Waals surface area contributed by atoms with Crippen LogP contribution in [0.15, 0.2) is 60.7 Å². The zero-order chi connectivity index (χ0) is 18.9. The minimum Gasteiger partial charge on any atom is -0.374 e. The lowest BCUT2D eigenvalue weighted by Gasteiger charge is -2.19. The molecule has 2 aromatic rings. The van der Waals surface area contributed by atoms with E-state index in [4.69, 9.17) is 19.9 Å². The van der Waals surface area contributed by atoms with Crippen LogP contribution in [0.1, 0.15) is 17.5 Å². The molecule has 0 unspecified atom stereocenters. The first-order valence-electron chi connectivity index (χ1n) is 9.16. The molecule has 0 aromatic heterocycles. The molecule has 1 heterocycles. The maximum atomic E-state index is 11.0. The Balaban J connectivity index is 1.52. The summed E-state index contributed by atoms with van der Waals surface area (Å²) in [5.41, 5.74) is 7.38.